The van der Waals surface area contributed by atoms with Crippen molar-refractivity contribution in [2.24, 2.45) is 0 Å². The molecule has 0 saturated heterocycles. The van der Waals surface area contributed by atoms with Crippen LogP contribution in [0.5, 0.6) is 0 Å². The van der Waals surface area contributed by atoms with Crippen LogP contribution < -0.4 is 5.32 Å². The Bertz CT molecular complexity index is 759. The Labute approximate surface area is 135 Å². The highest BCUT2D eigenvalue weighted by Crippen LogP contribution is 2.31. The van der Waals surface area contributed by atoms with E-state index in [9.17, 15) is 27.9 Å². The average molecular weight is 338 g/mol. The van der Waals surface area contributed by atoms with Crippen LogP contribution in [0.4, 0.5) is 18.9 Å². The van der Waals surface area contributed by atoms with Crippen LogP contribution in [0.25, 0.3) is 0 Å². The predicted octanol–water partition coefficient (Wildman–Crippen LogP) is 2.56. The van der Waals surface area contributed by atoms with Crippen molar-refractivity contribution in [3.8, 4) is 0 Å². The number of rotatable bonds is 4. The fourth-order valence-electron chi connectivity index (χ4n) is 1.82. The first kappa shape index (κ1) is 17.6. The third kappa shape index (κ3) is 3.43. The van der Waals surface area contributed by atoms with E-state index in [1.165, 1.54) is 48.8 Å². The molecular weight excluding hydrogens is 325 g/mol. The van der Waals surface area contributed by atoms with E-state index < -0.39 is 23.5 Å². The summed E-state index contributed by atoms with van der Waals surface area (Å²) >= 11 is 0. The Kier molecular flexibility index (Phi) is 4.70. The van der Waals surface area contributed by atoms with Crippen LogP contribution in [-0.4, -0.2) is 33.6 Å². The number of benzene rings is 1. The Balaban J connectivity index is 2.34. The lowest BCUT2D eigenvalue weighted by Gasteiger charge is -2.25. The number of pyridine rings is 1. The number of halogens is 3. The summed E-state index contributed by atoms with van der Waals surface area (Å²) in [4.78, 5) is 28.0. The number of alkyl halides is 3. The minimum absolute atomic E-state index is 0.0168. The van der Waals surface area contributed by atoms with E-state index in [1.54, 1.807) is 0 Å². The summed E-state index contributed by atoms with van der Waals surface area (Å²) in [7, 11) is 0. The zero-order valence-electron chi connectivity index (χ0n) is 12.5. The first-order valence-electron chi connectivity index (χ1n) is 6.79. The van der Waals surface area contributed by atoms with Gasteiger partial charge >= 0.3 is 6.18 Å². The quantitative estimate of drug-likeness (QED) is 0.840. The first-order chi connectivity index (χ1) is 11.1. The molecule has 0 aliphatic rings. The Morgan fingerprint density at radius 1 is 1.12 bits per heavy atom. The lowest BCUT2D eigenvalue weighted by Crippen LogP contribution is -2.52. The van der Waals surface area contributed by atoms with Crippen LogP contribution in [0.3, 0.4) is 0 Å². The summed E-state index contributed by atoms with van der Waals surface area (Å²) in [5.74, 6) is -2.20. The topological polar surface area (TPSA) is 79.3 Å². The van der Waals surface area contributed by atoms with E-state index in [-0.39, 0.29) is 16.8 Å². The van der Waals surface area contributed by atoms with Gasteiger partial charge in [-0.05, 0) is 31.2 Å². The van der Waals surface area contributed by atoms with Crippen molar-refractivity contribution in [2.75, 3.05) is 5.32 Å². The molecule has 0 fully saturated rings. The molecule has 1 aromatic heterocycles. The molecule has 0 aliphatic carbocycles. The van der Waals surface area contributed by atoms with Crippen molar-refractivity contribution in [1.82, 2.24) is 4.98 Å². The molecule has 1 heterocycles. The molecule has 24 heavy (non-hydrogen) atoms. The van der Waals surface area contributed by atoms with Crippen molar-refractivity contribution in [2.45, 2.75) is 18.7 Å². The summed E-state index contributed by atoms with van der Waals surface area (Å²) in [6.07, 6.45) is -2.39. The van der Waals surface area contributed by atoms with Crippen molar-refractivity contribution < 1.29 is 27.9 Å². The van der Waals surface area contributed by atoms with E-state index in [0.717, 1.165) is 0 Å². The number of aromatic nitrogens is 1. The molecule has 2 rings (SSSR count). The molecule has 1 atom stereocenters. The van der Waals surface area contributed by atoms with Gasteiger partial charge in [-0.25, -0.2) is 0 Å². The van der Waals surface area contributed by atoms with Gasteiger partial charge in [-0.2, -0.15) is 13.2 Å². The second-order valence-electron chi connectivity index (χ2n) is 5.14. The maximum Gasteiger partial charge on any atom is 0.426 e. The average Bonchev–Trinajstić information content (AvgIpc) is 2.54. The number of para-hydroxylation sites is 1. The number of carbonyl (C=O) groups excluding carboxylic acids is 2. The van der Waals surface area contributed by atoms with Crippen LogP contribution in [0.15, 0.2) is 48.8 Å². The lowest BCUT2D eigenvalue weighted by atomic mass is 10.0. The maximum atomic E-state index is 12.7. The van der Waals surface area contributed by atoms with E-state index in [0.29, 0.717) is 6.92 Å². The summed E-state index contributed by atoms with van der Waals surface area (Å²) in [5.41, 5.74) is -3.53. The summed E-state index contributed by atoms with van der Waals surface area (Å²) in [6, 6.07) is 8.59. The third-order valence-electron chi connectivity index (χ3n) is 3.34. The highest BCUT2D eigenvalue weighted by Gasteiger charge is 2.55. The molecule has 0 spiro atoms. The first-order valence-corrected chi connectivity index (χ1v) is 6.79. The summed E-state index contributed by atoms with van der Waals surface area (Å²) < 4.78 is 38.2. The largest absolute Gasteiger partial charge is 0.426 e. The van der Waals surface area contributed by atoms with Crippen LogP contribution in [0, 0.1) is 0 Å². The molecule has 0 aliphatic heterocycles. The number of carbonyl (C=O) groups is 2. The molecule has 0 bridgehead atoms. The molecule has 1 unspecified atom stereocenters. The minimum Gasteiger partial charge on any atom is -0.373 e. The number of ketones is 1. The number of amides is 1. The van der Waals surface area contributed by atoms with Crippen LogP contribution in [0.1, 0.15) is 22.8 Å². The number of hydrogen-bond acceptors (Lipinski definition) is 4. The maximum absolute atomic E-state index is 12.7. The molecule has 126 valence electrons. The number of hydrogen-bond donors (Lipinski definition) is 2. The zero-order valence-corrected chi connectivity index (χ0v) is 12.5. The summed E-state index contributed by atoms with van der Waals surface area (Å²) in [6.45, 7) is 0.341. The van der Waals surface area contributed by atoms with Crippen molar-refractivity contribution >= 4 is 17.4 Å². The molecule has 8 heteroatoms. The van der Waals surface area contributed by atoms with E-state index in [1.807, 2.05) is 5.32 Å². The van der Waals surface area contributed by atoms with Gasteiger partial charge < -0.3 is 10.4 Å². The molecule has 2 N–H and O–H groups in total. The van der Waals surface area contributed by atoms with Crippen molar-refractivity contribution in [1.29, 1.82) is 0 Å². The molecule has 1 amide bonds. The molecule has 2 aromatic rings. The monoisotopic (exact) mass is 338 g/mol. The van der Waals surface area contributed by atoms with E-state index >= 15 is 0 Å². The third-order valence-corrected chi connectivity index (χ3v) is 3.34. The number of anilines is 1. The van der Waals surface area contributed by atoms with Crippen LogP contribution in [0.2, 0.25) is 0 Å². The Morgan fingerprint density at radius 3 is 2.38 bits per heavy atom. The van der Waals surface area contributed by atoms with Crippen molar-refractivity contribution in [3.63, 3.8) is 0 Å². The minimum atomic E-state index is -5.15. The van der Waals surface area contributed by atoms with E-state index in [2.05, 4.69) is 4.98 Å². The van der Waals surface area contributed by atoms with Gasteiger partial charge in [-0.15, -0.1) is 0 Å². The molecule has 5 nitrogen and oxygen atoms in total. The fourth-order valence-corrected chi connectivity index (χ4v) is 1.82. The van der Waals surface area contributed by atoms with Gasteiger partial charge in [0.1, 0.15) is 0 Å². The molecule has 0 radical (unpaired) electrons. The smallest absolute Gasteiger partial charge is 0.373 e. The standard InChI is InChI=1S/C16H13F3N2O3/c1-15(24,16(17,18)19)14(23)21-12-7-3-2-6-11(12)13(22)10-5-4-8-20-9-10/h2-9,24H,1H3,(H,21,23). The normalized spacial score (nSPS) is 13.9. The van der Waals surface area contributed by atoms with Gasteiger partial charge in [0.05, 0.1) is 5.69 Å². The Hall–Kier alpha value is -2.74. The van der Waals surface area contributed by atoms with Gasteiger partial charge in [0.15, 0.2) is 5.78 Å². The second kappa shape index (κ2) is 6.40. The van der Waals surface area contributed by atoms with Gasteiger partial charge in [0, 0.05) is 23.5 Å². The van der Waals surface area contributed by atoms with Gasteiger partial charge in [0.25, 0.3) is 5.91 Å². The molecular formula is C16H13F3N2O3. The van der Waals surface area contributed by atoms with Gasteiger partial charge in [-0.1, -0.05) is 12.1 Å². The molecule has 1 aromatic carbocycles. The SMILES string of the molecule is CC(O)(C(=O)Nc1ccccc1C(=O)c1cccnc1)C(F)(F)F. The molecule has 0 saturated carbocycles. The highest BCUT2D eigenvalue weighted by atomic mass is 19.4. The van der Waals surface area contributed by atoms with Crippen LogP contribution in [-0.2, 0) is 4.79 Å². The van der Waals surface area contributed by atoms with Gasteiger partial charge in [0.2, 0.25) is 5.60 Å². The number of aliphatic hydroxyl groups is 1. The zero-order chi connectivity index (χ0) is 18.0. The highest BCUT2D eigenvalue weighted by molar-refractivity contribution is 6.14. The number of nitrogens with one attached hydrogen (secondary N) is 1. The lowest BCUT2D eigenvalue weighted by molar-refractivity contribution is -0.242. The number of nitrogens with zero attached hydrogens (tertiary/aromatic N) is 1. The fraction of sp³-hybridized carbons (Fsp3) is 0.188. The van der Waals surface area contributed by atoms with E-state index in [4.69, 9.17) is 0 Å². The van der Waals surface area contributed by atoms with Crippen LogP contribution >= 0.6 is 0 Å². The summed E-state index contributed by atoms with van der Waals surface area (Å²) in [5, 5.41) is 11.4. The van der Waals surface area contributed by atoms with Gasteiger partial charge in [-0.3, -0.25) is 14.6 Å². The predicted molar refractivity (Wildman–Crippen MR) is 79.4 cm³/mol. The Morgan fingerprint density at radius 2 is 1.79 bits per heavy atom. The van der Waals surface area contributed by atoms with Crippen molar-refractivity contribution in [3.05, 3.63) is 59.9 Å². The second-order valence-corrected chi connectivity index (χ2v) is 5.14.